The molecule has 1 heterocycles. The van der Waals surface area contributed by atoms with Gasteiger partial charge in [0, 0.05) is 26.2 Å². The summed E-state index contributed by atoms with van der Waals surface area (Å²) in [4.78, 5) is 15.4. The van der Waals surface area contributed by atoms with Gasteiger partial charge in [-0.2, -0.15) is 0 Å². The fraction of sp³-hybridized carbons (Fsp3) is 0.909. The molecule has 1 saturated heterocycles. The van der Waals surface area contributed by atoms with Crippen molar-refractivity contribution in [2.24, 2.45) is 5.92 Å². The summed E-state index contributed by atoms with van der Waals surface area (Å²) in [5, 5.41) is 12.2. The molecule has 0 saturated carbocycles. The minimum atomic E-state index is -0.688. The zero-order valence-corrected chi connectivity index (χ0v) is 10.3. The van der Waals surface area contributed by atoms with E-state index in [1.165, 1.54) is 0 Å². The smallest absolute Gasteiger partial charge is 0.309 e. The molecule has 94 valence electrons. The normalized spacial score (nSPS) is 23.3. The molecule has 2 N–H and O–H groups in total. The molecule has 0 aromatic heterocycles. The van der Waals surface area contributed by atoms with E-state index in [0.29, 0.717) is 13.1 Å². The number of hydrogen-bond donors (Lipinski definition) is 2. The number of aliphatic carboxylic acids is 1. The van der Waals surface area contributed by atoms with Crippen LogP contribution in [0, 0.1) is 5.92 Å². The number of rotatable bonds is 5. The molecule has 0 amide bonds. The molecule has 1 rings (SSSR count). The average molecular weight is 229 g/mol. The number of nitrogens with one attached hydrogen (secondary N) is 1. The van der Waals surface area contributed by atoms with Gasteiger partial charge in [-0.25, -0.2) is 0 Å². The minimum absolute atomic E-state index is 0.262. The van der Waals surface area contributed by atoms with Crippen LogP contribution in [-0.4, -0.2) is 74.2 Å². The third-order valence-corrected chi connectivity index (χ3v) is 2.90. The van der Waals surface area contributed by atoms with Crippen LogP contribution < -0.4 is 5.32 Å². The summed E-state index contributed by atoms with van der Waals surface area (Å²) < 4.78 is 0. The van der Waals surface area contributed by atoms with Crippen molar-refractivity contribution in [3.8, 4) is 0 Å². The molecule has 1 aliphatic heterocycles. The summed E-state index contributed by atoms with van der Waals surface area (Å²) in [5.41, 5.74) is 0. The van der Waals surface area contributed by atoms with E-state index in [4.69, 9.17) is 5.11 Å². The van der Waals surface area contributed by atoms with Gasteiger partial charge in [-0.05, 0) is 33.6 Å². The van der Waals surface area contributed by atoms with Gasteiger partial charge in [-0.1, -0.05) is 0 Å². The summed E-state index contributed by atoms with van der Waals surface area (Å²) in [6.07, 6.45) is 1.10. The SMILES string of the molecule is CN(C)CCCN1CCNCC(C(=O)O)C1. The topological polar surface area (TPSA) is 55.8 Å². The maximum Gasteiger partial charge on any atom is 0.309 e. The molecule has 0 aliphatic carbocycles. The van der Waals surface area contributed by atoms with Crippen molar-refractivity contribution in [2.75, 3.05) is 53.4 Å². The Balaban J connectivity index is 2.31. The average Bonchev–Trinajstić information content (AvgIpc) is 2.42. The molecule has 1 fully saturated rings. The molecule has 1 atom stereocenters. The second-order valence-electron chi connectivity index (χ2n) is 4.70. The second-order valence-corrected chi connectivity index (χ2v) is 4.70. The van der Waals surface area contributed by atoms with Crippen LogP contribution in [0.25, 0.3) is 0 Å². The van der Waals surface area contributed by atoms with Crippen LogP contribution in [0.5, 0.6) is 0 Å². The first-order chi connectivity index (χ1) is 7.59. The number of carbonyl (C=O) groups is 1. The van der Waals surface area contributed by atoms with Gasteiger partial charge in [0.1, 0.15) is 0 Å². The highest BCUT2D eigenvalue weighted by Crippen LogP contribution is 2.04. The first kappa shape index (κ1) is 13.4. The predicted molar refractivity (Wildman–Crippen MR) is 63.6 cm³/mol. The van der Waals surface area contributed by atoms with Gasteiger partial charge in [-0.3, -0.25) is 4.79 Å². The number of carboxylic acids is 1. The van der Waals surface area contributed by atoms with Crippen LogP contribution >= 0.6 is 0 Å². The zero-order valence-electron chi connectivity index (χ0n) is 10.3. The van der Waals surface area contributed by atoms with Gasteiger partial charge in [0.15, 0.2) is 0 Å². The number of hydrogen-bond acceptors (Lipinski definition) is 4. The molecule has 1 aliphatic rings. The summed E-state index contributed by atoms with van der Waals surface area (Å²) in [6.45, 7) is 5.17. The van der Waals surface area contributed by atoms with E-state index in [1.54, 1.807) is 0 Å². The van der Waals surface area contributed by atoms with Gasteiger partial charge in [0.05, 0.1) is 5.92 Å². The van der Waals surface area contributed by atoms with Crippen molar-refractivity contribution >= 4 is 5.97 Å². The van der Waals surface area contributed by atoms with Crippen LogP contribution in [-0.2, 0) is 4.79 Å². The molecule has 5 nitrogen and oxygen atoms in total. The monoisotopic (exact) mass is 229 g/mol. The van der Waals surface area contributed by atoms with Crippen LogP contribution in [0.2, 0.25) is 0 Å². The third kappa shape index (κ3) is 4.92. The van der Waals surface area contributed by atoms with Crippen LogP contribution in [0.1, 0.15) is 6.42 Å². The molecule has 0 aromatic carbocycles. The fourth-order valence-electron chi connectivity index (χ4n) is 1.96. The second kappa shape index (κ2) is 6.83. The molecule has 0 radical (unpaired) electrons. The van der Waals surface area contributed by atoms with Crippen molar-refractivity contribution in [1.29, 1.82) is 0 Å². The zero-order chi connectivity index (χ0) is 12.0. The van der Waals surface area contributed by atoms with E-state index in [-0.39, 0.29) is 5.92 Å². The van der Waals surface area contributed by atoms with Crippen molar-refractivity contribution < 1.29 is 9.90 Å². The van der Waals surface area contributed by atoms with Crippen molar-refractivity contribution in [1.82, 2.24) is 15.1 Å². The van der Waals surface area contributed by atoms with E-state index >= 15 is 0 Å². The maximum absolute atomic E-state index is 11.0. The molecule has 16 heavy (non-hydrogen) atoms. The molecule has 1 unspecified atom stereocenters. The lowest BCUT2D eigenvalue weighted by molar-refractivity contribution is -0.141. The lowest BCUT2D eigenvalue weighted by Gasteiger charge is -2.22. The fourth-order valence-corrected chi connectivity index (χ4v) is 1.96. The molecule has 5 heteroatoms. The first-order valence-electron chi connectivity index (χ1n) is 5.90. The van der Waals surface area contributed by atoms with Crippen LogP contribution in [0.3, 0.4) is 0 Å². The standard InChI is InChI=1S/C11H23N3O2/c1-13(2)5-3-6-14-7-4-12-8-10(9-14)11(15)16/h10,12H,3-9H2,1-2H3,(H,15,16). The Morgan fingerprint density at radius 1 is 1.56 bits per heavy atom. The maximum atomic E-state index is 11.0. The Bertz CT molecular complexity index is 221. The summed E-state index contributed by atoms with van der Waals surface area (Å²) in [7, 11) is 4.12. The highest BCUT2D eigenvalue weighted by molar-refractivity contribution is 5.70. The molecular formula is C11H23N3O2. The lowest BCUT2D eigenvalue weighted by Crippen LogP contribution is -2.35. The van der Waals surface area contributed by atoms with Crippen molar-refractivity contribution in [2.45, 2.75) is 6.42 Å². The first-order valence-corrected chi connectivity index (χ1v) is 5.90. The highest BCUT2D eigenvalue weighted by Gasteiger charge is 2.22. The van der Waals surface area contributed by atoms with Gasteiger partial charge >= 0.3 is 5.97 Å². The van der Waals surface area contributed by atoms with Gasteiger partial charge < -0.3 is 20.2 Å². The minimum Gasteiger partial charge on any atom is -0.481 e. The lowest BCUT2D eigenvalue weighted by atomic mass is 10.1. The Morgan fingerprint density at radius 2 is 2.31 bits per heavy atom. The van der Waals surface area contributed by atoms with Gasteiger partial charge in [-0.15, -0.1) is 0 Å². The van der Waals surface area contributed by atoms with Gasteiger partial charge in [0.2, 0.25) is 0 Å². The summed E-state index contributed by atoms with van der Waals surface area (Å²) >= 11 is 0. The Hall–Kier alpha value is -0.650. The van der Waals surface area contributed by atoms with Gasteiger partial charge in [0.25, 0.3) is 0 Å². The van der Waals surface area contributed by atoms with E-state index in [1.807, 2.05) is 0 Å². The van der Waals surface area contributed by atoms with Crippen LogP contribution in [0.15, 0.2) is 0 Å². The van der Waals surface area contributed by atoms with Crippen molar-refractivity contribution in [3.05, 3.63) is 0 Å². The highest BCUT2D eigenvalue weighted by atomic mass is 16.4. The summed E-state index contributed by atoms with van der Waals surface area (Å²) in [5.74, 6) is -0.950. The van der Waals surface area contributed by atoms with E-state index in [9.17, 15) is 4.79 Å². The number of nitrogens with zero attached hydrogens (tertiary/aromatic N) is 2. The third-order valence-electron chi connectivity index (χ3n) is 2.90. The van der Waals surface area contributed by atoms with E-state index in [0.717, 1.165) is 32.6 Å². The van der Waals surface area contributed by atoms with E-state index in [2.05, 4.69) is 29.2 Å². The number of carboxylic acid groups (broad SMARTS) is 1. The largest absolute Gasteiger partial charge is 0.481 e. The van der Waals surface area contributed by atoms with E-state index < -0.39 is 5.97 Å². The Morgan fingerprint density at radius 3 is 2.94 bits per heavy atom. The molecule has 0 aromatic rings. The molecular weight excluding hydrogens is 206 g/mol. The summed E-state index contributed by atoms with van der Waals surface area (Å²) in [6, 6.07) is 0. The molecule has 0 bridgehead atoms. The molecule has 0 spiro atoms. The quantitative estimate of drug-likeness (QED) is 0.668. The predicted octanol–water partition coefficient (Wildman–Crippen LogP) is -0.456. The Kier molecular flexibility index (Phi) is 5.73. The van der Waals surface area contributed by atoms with Crippen LogP contribution in [0.4, 0.5) is 0 Å². The van der Waals surface area contributed by atoms with Crippen molar-refractivity contribution in [3.63, 3.8) is 0 Å². The Labute approximate surface area is 97.4 Å².